The zero-order valence-corrected chi connectivity index (χ0v) is 19.8. The van der Waals surface area contributed by atoms with E-state index in [2.05, 4.69) is 37.5 Å². The average molecular weight is 435 g/mol. The first-order valence-corrected chi connectivity index (χ1v) is 11.6. The van der Waals surface area contributed by atoms with Crippen LogP contribution in [0.1, 0.15) is 81.7 Å². The molecule has 1 saturated carbocycles. The van der Waals surface area contributed by atoms with Gasteiger partial charge in [0.1, 0.15) is 11.6 Å². The highest BCUT2D eigenvalue weighted by atomic mass is 16.5. The van der Waals surface area contributed by atoms with Crippen molar-refractivity contribution < 1.29 is 14.6 Å². The molecule has 1 heterocycles. The highest BCUT2D eigenvalue weighted by Crippen LogP contribution is 2.45. The molecule has 0 amide bonds. The molecule has 0 spiro atoms. The van der Waals surface area contributed by atoms with E-state index in [-0.39, 0.29) is 17.1 Å². The fourth-order valence-corrected chi connectivity index (χ4v) is 5.45. The van der Waals surface area contributed by atoms with Crippen LogP contribution < -0.4 is 4.74 Å². The SMILES string of the molecule is CC1CC(n2c(Cc3ccc(OC(C)C)cc3)nc3cc(C(=O)O)ccc32)CC(C)(C)C1. The number of benzene rings is 2. The number of carbonyl (C=O) groups is 1. The minimum Gasteiger partial charge on any atom is -0.491 e. The van der Waals surface area contributed by atoms with Gasteiger partial charge in [0.2, 0.25) is 0 Å². The number of aromatic nitrogens is 2. The predicted molar refractivity (Wildman–Crippen MR) is 128 cm³/mol. The number of fused-ring (bicyclic) bond motifs is 1. The summed E-state index contributed by atoms with van der Waals surface area (Å²) in [5, 5.41) is 9.45. The van der Waals surface area contributed by atoms with Gasteiger partial charge in [-0.15, -0.1) is 0 Å². The molecule has 2 unspecified atom stereocenters. The molecule has 0 aliphatic heterocycles. The fraction of sp³-hybridized carbons (Fsp3) is 0.481. The van der Waals surface area contributed by atoms with Crippen LogP contribution >= 0.6 is 0 Å². The van der Waals surface area contributed by atoms with Crippen molar-refractivity contribution in [2.75, 3.05) is 0 Å². The van der Waals surface area contributed by atoms with Gasteiger partial charge < -0.3 is 14.4 Å². The van der Waals surface area contributed by atoms with Crippen LogP contribution in [0.5, 0.6) is 5.75 Å². The van der Waals surface area contributed by atoms with Crippen LogP contribution in [-0.4, -0.2) is 26.7 Å². The summed E-state index contributed by atoms with van der Waals surface area (Å²) in [6.07, 6.45) is 4.28. The van der Waals surface area contributed by atoms with Crippen LogP contribution in [0.3, 0.4) is 0 Å². The summed E-state index contributed by atoms with van der Waals surface area (Å²) in [6, 6.07) is 13.9. The van der Waals surface area contributed by atoms with Gasteiger partial charge in [0.05, 0.1) is 22.7 Å². The fourth-order valence-electron chi connectivity index (χ4n) is 5.45. The Hall–Kier alpha value is -2.82. The van der Waals surface area contributed by atoms with Crippen molar-refractivity contribution in [1.82, 2.24) is 9.55 Å². The maximum Gasteiger partial charge on any atom is 0.335 e. The summed E-state index contributed by atoms with van der Waals surface area (Å²) >= 11 is 0. The van der Waals surface area contributed by atoms with E-state index in [4.69, 9.17) is 9.72 Å². The molecule has 0 radical (unpaired) electrons. The quantitative estimate of drug-likeness (QED) is 0.481. The first-order valence-electron chi connectivity index (χ1n) is 11.6. The van der Waals surface area contributed by atoms with Gasteiger partial charge in [-0.1, -0.05) is 32.9 Å². The first kappa shape index (κ1) is 22.4. The molecule has 1 aliphatic carbocycles. The third kappa shape index (κ3) is 4.82. The average Bonchev–Trinajstić information content (AvgIpc) is 3.04. The van der Waals surface area contributed by atoms with Crippen molar-refractivity contribution in [3.63, 3.8) is 0 Å². The molecule has 1 aromatic heterocycles. The van der Waals surface area contributed by atoms with Crippen LogP contribution in [0.2, 0.25) is 0 Å². The molecule has 5 heteroatoms. The molecule has 170 valence electrons. The third-order valence-electron chi connectivity index (χ3n) is 6.40. The summed E-state index contributed by atoms with van der Waals surface area (Å²) in [5.41, 5.74) is 3.50. The van der Waals surface area contributed by atoms with Crippen LogP contribution in [-0.2, 0) is 6.42 Å². The largest absolute Gasteiger partial charge is 0.491 e. The van der Waals surface area contributed by atoms with Crippen molar-refractivity contribution in [2.24, 2.45) is 11.3 Å². The van der Waals surface area contributed by atoms with Crippen LogP contribution in [0.4, 0.5) is 0 Å². The zero-order chi connectivity index (χ0) is 23.0. The molecule has 3 aromatic rings. The van der Waals surface area contributed by atoms with Gasteiger partial charge in [-0.2, -0.15) is 0 Å². The minimum absolute atomic E-state index is 0.144. The standard InChI is InChI=1S/C27H34N2O3/c1-17(2)32-22-9-6-19(7-10-22)13-25-28-23-14-20(26(30)31)8-11-24(23)29(25)21-12-18(3)15-27(4,5)16-21/h6-11,14,17-18,21H,12-13,15-16H2,1-5H3,(H,30,31). The Morgan fingerprint density at radius 2 is 1.91 bits per heavy atom. The second-order valence-corrected chi connectivity index (χ2v) is 10.5. The first-order chi connectivity index (χ1) is 15.1. The lowest BCUT2D eigenvalue weighted by atomic mass is 9.70. The van der Waals surface area contributed by atoms with Gasteiger partial charge in [0.15, 0.2) is 0 Å². The lowest BCUT2D eigenvalue weighted by Crippen LogP contribution is -2.30. The second-order valence-electron chi connectivity index (χ2n) is 10.5. The van der Waals surface area contributed by atoms with E-state index in [1.807, 2.05) is 32.0 Å². The highest BCUT2D eigenvalue weighted by molar-refractivity contribution is 5.92. The normalized spacial score (nSPS) is 20.6. The Balaban J connectivity index is 1.74. The van der Waals surface area contributed by atoms with Crippen molar-refractivity contribution in [2.45, 2.75) is 72.4 Å². The highest BCUT2D eigenvalue weighted by Gasteiger charge is 2.34. The molecule has 2 aromatic carbocycles. The van der Waals surface area contributed by atoms with E-state index in [1.165, 1.54) is 12.0 Å². The van der Waals surface area contributed by atoms with E-state index in [1.54, 1.807) is 12.1 Å². The number of hydrogen-bond acceptors (Lipinski definition) is 3. The topological polar surface area (TPSA) is 64.4 Å². The lowest BCUT2D eigenvalue weighted by molar-refractivity contribution is 0.0697. The Bertz CT molecular complexity index is 1110. The maximum absolute atomic E-state index is 11.5. The Kier molecular flexibility index (Phi) is 6.02. The van der Waals surface area contributed by atoms with Crippen LogP contribution in [0.25, 0.3) is 11.0 Å². The van der Waals surface area contributed by atoms with Crippen molar-refractivity contribution in [1.29, 1.82) is 0 Å². The molecular weight excluding hydrogens is 400 g/mol. The number of hydrogen-bond donors (Lipinski definition) is 1. The van der Waals surface area contributed by atoms with E-state index >= 15 is 0 Å². The second kappa shape index (κ2) is 8.61. The van der Waals surface area contributed by atoms with Gasteiger partial charge in [-0.25, -0.2) is 9.78 Å². The summed E-state index contributed by atoms with van der Waals surface area (Å²) < 4.78 is 8.17. The molecule has 4 rings (SSSR count). The number of rotatable bonds is 6. The summed E-state index contributed by atoms with van der Waals surface area (Å²) in [6.45, 7) is 11.1. The predicted octanol–water partition coefficient (Wildman–Crippen LogP) is 6.50. The smallest absolute Gasteiger partial charge is 0.335 e. The molecule has 2 atom stereocenters. The number of imidazole rings is 1. The van der Waals surface area contributed by atoms with Crippen molar-refractivity contribution in [3.05, 3.63) is 59.4 Å². The van der Waals surface area contributed by atoms with Gasteiger partial charge in [0, 0.05) is 12.5 Å². The molecule has 1 fully saturated rings. The van der Waals surface area contributed by atoms with Gasteiger partial charge in [-0.05, 0) is 80.3 Å². The molecular formula is C27H34N2O3. The molecule has 0 bridgehead atoms. The lowest BCUT2D eigenvalue weighted by Gasteiger charge is -2.40. The van der Waals surface area contributed by atoms with Crippen molar-refractivity contribution in [3.8, 4) is 5.75 Å². The minimum atomic E-state index is -0.920. The third-order valence-corrected chi connectivity index (χ3v) is 6.40. The Morgan fingerprint density at radius 1 is 1.19 bits per heavy atom. The molecule has 0 saturated heterocycles. The number of carboxylic acid groups (broad SMARTS) is 1. The van der Waals surface area contributed by atoms with E-state index in [0.717, 1.165) is 35.4 Å². The monoisotopic (exact) mass is 434 g/mol. The molecule has 5 nitrogen and oxygen atoms in total. The Labute approximate surface area is 190 Å². The van der Waals surface area contributed by atoms with Crippen LogP contribution in [0, 0.1) is 11.3 Å². The summed E-state index contributed by atoms with van der Waals surface area (Å²) in [4.78, 5) is 16.5. The maximum atomic E-state index is 11.5. The van der Waals surface area contributed by atoms with E-state index < -0.39 is 5.97 Å². The van der Waals surface area contributed by atoms with E-state index in [0.29, 0.717) is 18.4 Å². The molecule has 1 N–H and O–H groups in total. The summed E-state index contributed by atoms with van der Waals surface area (Å²) in [5.74, 6) is 1.58. The van der Waals surface area contributed by atoms with Crippen molar-refractivity contribution >= 4 is 17.0 Å². The van der Waals surface area contributed by atoms with Gasteiger partial charge in [-0.3, -0.25) is 0 Å². The zero-order valence-electron chi connectivity index (χ0n) is 19.8. The van der Waals surface area contributed by atoms with Gasteiger partial charge in [0.25, 0.3) is 0 Å². The van der Waals surface area contributed by atoms with Crippen LogP contribution in [0.15, 0.2) is 42.5 Å². The number of ether oxygens (including phenoxy) is 1. The number of aromatic carboxylic acids is 1. The van der Waals surface area contributed by atoms with E-state index in [9.17, 15) is 9.90 Å². The number of nitrogens with zero attached hydrogens (tertiary/aromatic N) is 2. The van der Waals surface area contributed by atoms with Gasteiger partial charge >= 0.3 is 5.97 Å². The summed E-state index contributed by atoms with van der Waals surface area (Å²) in [7, 11) is 0. The Morgan fingerprint density at radius 3 is 2.53 bits per heavy atom. The number of carboxylic acids is 1. The molecule has 1 aliphatic rings. The molecule has 32 heavy (non-hydrogen) atoms.